The number of hydrogen-bond acceptors (Lipinski definition) is 6. The van der Waals surface area contributed by atoms with Gasteiger partial charge in [0.25, 0.3) is 5.91 Å². The highest BCUT2D eigenvalue weighted by Crippen LogP contribution is 2.22. The number of carbonyl (C=O) groups excluding carboxylic acids is 2. The predicted molar refractivity (Wildman–Crippen MR) is 122 cm³/mol. The van der Waals surface area contributed by atoms with Crippen LogP contribution in [0.4, 0.5) is 0 Å². The van der Waals surface area contributed by atoms with E-state index in [1.807, 2.05) is 6.07 Å². The van der Waals surface area contributed by atoms with Crippen molar-refractivity contribution >= 4 is 44.8 Å². The molecule has 0 spiro atoms. The van der Waals surface area contributed by atoms with Crippen molar-refractivity contribution in [1.82, 2.24) is 9.21 Å². The lowest BCUT2D eigenvalue weighted by atomic mass is 10.1. The Morgan fingerprint density at radius 2 is 1.71 bits per heavy atom. The van der Waals surface area contributed by atoms with Crippen molar-refractivity contribution in [3.63, 3.8) is 0 Å². The van der Waals surface area contributed by atoms with Gasteiger partial charge in [0.05, 0.1) is 15.8 Å². The highest BCUT2D eigenvalue weighted by molar-refractivity contribution is 7.89. The highest BCUT2D eigenvalue weighted by Gasteiger charge is 2.21. The van der Waals surface area contributed by atoms with Gasteiger partial charge in [-0.05, 0) is 36.2 Å². The molecular formula is C21H27ClN2O5S2. The van der Waals surface area contributed by atoms with Crippen LogP contribution in [0.1, 0.15) is 30.7 Å². The fraction of sp³-hybridized carbons (Fsp3) is 0.429. The lowest BCUT2D eigenvalue weighted by Crippen LogP contribution is -2.30. The van der Waals surface area contributed by atoms with Crippen molar-refractivity contribution in [3.8, 4) is 0 Å². The molecule has 2 aromatic rings. The SMILES string of the molecule is CCN(CC)S(=O)(=O)c1ccc(CCC(=O)OCC(=O)N(C)Cc2ccc(Cl)s2)cc1. The van der Waals surface area contributed by atoms with Gasteiger partial charge in [-0.3, -0.25) is 9.59 Å². The Bertz CT molecular complexity index is 985. The Hall–Kier alpha value is -1.94. The topological polar surface area (TPSA) is 84.0 Å². The molecule has 0 saturated heterocycles. The number of hydrogen-bond donors (Lipinski definition) is 0. The van der Waals surface area contributed by atoms with Crippen LogP contribution in [0.15, 0.2) is 41.3 Å². The molecule has 0 atom stereocenters. The standard InChI is InChI=1S/C21H27ClN2O5S2/c1-4-24(5-2)31(27,28)18-10-6-16(7-11-18)8-13-21(26)29-15-20(25)23(3)14-17-9-12-19(22)30-17/h6-7,9-12H,4-5,8,13-15H2,1-3H3. The van der Waals surface area contributed by atoms with Gasteiger partial charge >= 0.3 is 5.97 Å². The van der Waals surface area contributed by atoms with Gasteiger partial charge in [-0.2, -0.15) is 4.31 Å². The Kier molecular flexibility index (Phi) is 9.49. The summed E-state index contributed by atoms with van der Waals surface area (Å²) in [5.41, 5.74) is 0.813. The normalized spacial score (nSPS) is 11.5. The molecule has 1 aromatic heterocycles. The van der Waals surface area contributed by atoms with E-state index in [-0.39, 0.29) is 23.8 Å². The third-order valence-corrected chi connectivity index (χ3v) is 7.97. The summed E-state index contributed by atoms with van der Waals surface area (Å²) in [6.07, 6.45) is 0.488. The third-order valence-electron chi connectivity index (χ3n) is 4.69. The number of benzene rings is 1. The van der Waals surface area contributed by atoms with Crippen LogP contribution in [0, 0.1) is 0 Å². The number of likely N-dealkylation sites (N-methyl/N-ethyl adjacent to an activating group) is 1. The number of amides is 1. The van der Waals surface area contributed by atoms with Crippen molar-refractivity contribution in [3.05, 3.63) is 51.2 Å². The number of ether oxygens (including phenoxy) is 1. The summed E-state index contributed by atoms with van der Waals surface area (Å²) in [4.78, 5) is 26.8. The zero-order valence-electron chi connectivity index (χ0n) is 17.8. The minimum atomic E-state index is -3.50. The summed E-state index contributed by atoms with van der Waals surface area (Å²) in [6, 6.07) is 10.1. The first kappa shape index (κ1) is 25.3. The van der Waals surface area contributed by atoms with Crippen LogP contribution in [-0.4, -0.2) is 56.2 Å². The highest BCUT2D eigenvalue weighted by atomic mass is 35.5. The first-order valence-corrected chi connectivity index (χ1v) is 12.5. The summed E-state index contributed by atoms with van der Waals surface area (Å²) in [5, 5.41) is 0. The van der Waals surface area contributed by atoms with Crippen LogP contribution in [0.2, 0.25) is 4.34 Å². The van der Waals surface area contributed by atoms with Gasteiger partial charge in [-0.1, -0.05) is 37.6 Å². The van der Waals surface area contributed by atoms with E-state index in [4.69, 9.17) is 16.3 Å². The first-order chi connectivity index (χ1) is 14.7. The summed E-state index contributed by atoms with van der Waals surface area (Å²) >= 11 is 7.28. The van der Waals surface area contributed by atoms with E-state index >= 15 is 0 Å². The average molecular weight is 487 g/mol. The van der Waals surface area contributed by atoms with Gasteiger partial charge in [0, 0.05) is 31.4 Å². The van der Waals surface area contributed by atoms with Crippen molar-refractivity contribution in [2.24, 2.45) is 0 Å². The Morgan fingerprint density at radius 1 is 1.06 bits per heavy atom. The van der Waals surface area contributed by atoms with Crippen LogP contribution < -0.4 is 0 Å². The van der Waals surface area contributed by atoms with Crippen LogP contribution >= 0.6 is 22.9 Å². The lowest BCUT2D eigenvalue weighted by Gasteiger charge is -2.18. The van der Waals surface area contributed by atoms with Crippen LogP contribution in [0.3, 0.4) is 0 Å². The summed E-state index contributed by atoms with van der Waals surface area (Å²) in [7, 11) is -1.87. The second-order valence-electron chi connectivity index (χ2n) is 6.85. The molecule has 0 aliphatic rings. The summed E-state index contributed by atoms with van der Waals surface area (Å²) in [5.74, 6) is -0.787. The molecule has 170 valence electrons. The summed E-state index contributed by atoms with van der Waals surface area (Å²) < 4.78 is 32.1. The van der Waals surface area contributed by atoms with Gasteiger partial charge in [-0.15, -0.1) is 11.3 Å². The number of rotatable bonds is 11. The smallest absolute Gasteiger partial charge is 0.306 e. The number of aryl methyl sites for hydroxylation is 1. The number of sulfonamides is 1. The average Bonchev–Trinajstić information content (AvgIpc) is 3.15. The number of nitrogens with zero attached hydrogens (tertiary/aromatic N) is 2. The molecule has 1 heterocycles. The van der Waals surface area contributed by atoms with Gasteiger partial charge in [0.1, 0.15) is 0 Å². The van der Waals surface area contributed by atoms with Crippen LogP contribution in [0.5, 0.6) is 0 Å². The van der Waals surface area contributed by atoms with E-state index in [1.54, 1.807) is 51.2 Å². The maximum absolute atomic E-state index is 12.5. The van der Waals surface area contributed by atoms with E-state index in [0.717, 1.165) is 10.4 Å². The molecule has 0 aliphatic heterocycles. The minimum Gasteiger partial charge on any atom is -0.456 e. The molecule has 0 N–H and O–H groups in total. The zero-order valence-corrected chi connectivity index (χ0v) is 20.2. The maximum atomic E-state index is 12.5. The largest absolute Gasteiger partial charge is 0.456 e. The predicted octanol–water partition coefficient (Wildman–Crippen LogP) is 3.57. The fourth-order valence-electron chi connectivity index (χ4n) is 2.87. The Morgan fingerprint density at radius 3 is 2.26 bits per heavy atom. The van der Waals surface area contributed by atoms with Crippen LogP contribution in [0.25, 0.3) is 0 Å². The molecular weight excluding hydrogens is 460 g/mol. The van der Waals surface area contributed by atoms with E-state index < -0.39 is 16.0 Å². The zero-order chi connectivity index (χ0) is 23.0. The van der Waals surface area contributed by atoms with Gasteiger partial charge in [0.15, 0.2) is 6.61 Å². The van der Waals surface area contributed by atoms with E-state index in [2.05, 4.69) is 0 Å². The van der Waals surface area contributed by atoms with E-state index in [9.17, 15) is 18.0 Å². The fourth-order valence-corrected chi connectivity index (χ4v) is 5.47. The molecule has 0 fully saturated rings. The number of thiophene rings is 1. The molecule has 31 heavy (non-hydrogen) atoms. The molecule has 0 saturated carbocycles. The van der Waals surface area contributed by atoms with Gasteiger partial charge in [-0.25, -0.2) is 8.42 Å². The molecule has 0 aliphatic carbocycles. The van der Waals surface area contributed by atoms with Crippen LogP contribution in [-0.2, 0) is 37.3 Å². The van der Waals surface area contributed by atoms with E-state index in [1.165, 1.54) is 20.5 Å². The Balaban J connectivity index is 1.80. The molecule has 7 nitrogen and oxygen atoms in total. The minimum absolute atomic E-state index is 0.0969. The van der Waals surface area contributed by atoms with Crippen molar-refractivity contribution in [2.75, 3.05) is 26.7 Å². The van der Waals surface area contributed by atoms with Crippen molar-refractivity contribution < 1.29 is 22.7 Å². The molecule has 10 heteroatoms. The summed E-state index contributed by atoms with van der Waals surface area (Å²) in [6.45, 7) is 4.47. The maximum Gasteiger partial charge on any atom is 0.306 e. The number of esters is 1. The molecule has 1 amide bonds. The number of carbonyl (C=O) groups is 2. The molecule has 0 radical (unpaired) electrons. The van der Waals surface area contributed by atoms with Crippen molar-refractivity contribution in [2.45, 2.75) is 38.1 Å². The molecule has 0 unspecified atom stereocenters. The Labute approximate surface area is 192 Å². The monoisotopic (exact) mass is 486 g/mol. The van der Waals surface area contributed by atoms with Gasteiger partial charge < -0.3 is 9.64 Å². The lowest BCUT2D eigenvalue weighted by molar-refractivity contribution is -0.151. The third kappa shape index (κ3) is 7.31. The second kappa shape index (κ2) is 11.6. The quantitative estimate of drug-likeness (QED) is 0.453. The molecule has 1 aromatic carbocycles. The van der Waals surface area contributed by atoms with E-state index in [0.29, 0.717) is 30.4 Å². The van der Waals surface area contributed by atoms with Crippen molar-refractivity contribution in [1.29, 1.82) is 0 Å². The number of halogens is 1. The van der Waals surface area contributed by atoms with Gasteiger partial charge in [0.2, 0.25) is 10.0 Å². The molecule has 2 rings (SSSR count). The first-order valence-electron chi connectivity index (χ1n) is 9.90. The molecule has 0 bridgehead atoms. The second-order valence-corrected chi connectivity index (χ2v) is 10.6.